The molecular weight excluding hydrogens is 408 g/mol. The number of aromatic nitrogens is 3. The van der Waals surface area contributed by atoms with Crippen molar-refractivity contribution in [3.63, 3.8) is 0 Å². The molecule has 0 N–H and O–H groups in total. The molecule has 0 radical (unpaired) electrons. The molecule has 158 valence electrons. The molecule has 7 heteroatoms. The first-order valence-electron chi connectivity index (χ1n) is 10.4. The van der Waals surface area contributed by atoms with Crippen molar-refractivity contribution in [3.05, 3.63) is 88.3 Å². The molecule has 2 aromatic heterocycles. The minimum absolute atomic E-state index is 0.194. The number of unbranched alkanes of at least 4 members (excludes halogenated alkanes) is 1. The fourth-order valence-electron chi connectivity index (χ4n) is 3.31. The summed E-state index contributed by atoms with van der Waals surface area (Å²) in [5.41, 5.74) is 2.06. The standard InChI is InChI=1S/C24H24N4O2S/c1-2-3-16-28-22(29)14-13-20(26-28)23(30)27(17-15-18-9-5-4-6-10-18)24-25-19-11-7-8-12-21(19)31-24/h4-14H,2-3,15-17H2,1H3. The third-order valence-electron chi connectivity index (χ3n) is 5.03. The molecule has 0 spiro atoms. The normalized spacial score (nSPS) is 11.0. The summed E-state index contributed by atoms with van der Waals surface area (Å²) in [5, 5.41) is 4.99. The highest BCUT2D eigenvalue weighted by Crippen LogP contribution is 2.29. The number of hydrogen-bond acceptors (Lipinski definition) is 5. The van der Waals surface area contributed by atoms with Crippen LogP contribution in [0.2, 0.25) is 0 Å². The van der Waals surface area contributed by atoms with Crippen molar-refractivity contribution in [1.29, 1.82) is 0 Å². The van der Waals surface area contributed by atoms with Crippen LogP contribution in [0.15, 0.2) is 71.5 Å². The van der Waals surface area contributed by atoms with Gasteiger partial charge in [0.2, 0.25) is 0 Å². The van der Waals surface area contributed by atoms with Gasteiger partial charge in [-0.3, -0.25) is 14.5 Å². The van der Waals surface area contributed by atoms with E-state index in [0.29, 0.717) is 24.6 Å². The number of carbonyl (C=O) groups excluding carboxylic acids is 1. The van der Waals surface area contributed by atoms with Crippen molar-refractivity contribution >= 4 is 32.6 Å². The van der Waals surface area contributed by atoms with Crippen molar-refractivity contribution in [3.8, 4) is 0 Å². The number of thiazole rings is 1. The van der Waals surface area contributed by atoms with E-state index < -0.39 is 0 Å². The van der Waals surface area contributed by atoms with Gasteiger partial charge in [0.25, 0.3) is 11.5 Å². The number of hydrogen-bond donors (Lipinski definition) is 0. The van der Waals surface area contributed by atoms with Crippen molar-refractivity contribution in [2.75, 3.05) is 11.4 Å². The van der Waals surface area contributed by atoms with Crippen molar-refractivity contribution in [1.82, 2.24) is 14.8 Å². The largest absolute Gasteiger partial charge is 0.282 e. The quantitative estimate of drug-likeness (QED) is 0.410. The zero-order valence-electron chi connectivity index (χ0n) is 17.4. The summed E-state index contributed by atoms with van der Waals surface area (Å²) in [6.07, 6.45) is 2.47. The molecule has 0 bridgehead atoms. The number of carbonyl (C=O) groups is 1. The lowest BCUT2D eigenvalue weighted by molar-refractivity contribution is 0.0980. The Labute approximate surface area is 184 Å². The Kier molecular flexibility index (Phi) is 6.52. The van der Waals surface area contributed by atoms with Crippen LogP contribution in [0.25, 0.3) is 10.2 Å². The maximum atomic E-state index is 13.5. The molecule has 4 rings (SSSR count). The third-order valence-corrected chi connectivity index (χ3v) is 6.09. The summed E-state index contributed by atoms with van der Waals surface area (Å²) in [6, 6.07) is 20.8. The van der Waals surface area contributed by atoms with Gasteiger partial charge in [0.1, 0.15) is 5.69 Å². The van der Waals surface area contributed by atoms with Crippen LogP contribution in [0.5, 0.6) is 0 Å². The fraction of sp³-hybridized carbons (Fsp3) is 0.250. The van der Waals surface area contributed by atoms with Gasteiger partial charge in [0.15, 0.2) is 5.13 Å². The van der Waals surface area contributed by atoms with Crippen LogP contribution >= 0.6 is 11.3 Å². The van der Waals surface area contributed by atoms with Gasteiger partial charge >= 0.3 is 0 Å². The van der Waals surface area contributed by atoms with E-state index in [1.807, 2.05) is 54.6 Å². The van der Waals surface area contributed by atoms with Crippen LogP contribution in [0.4, 0.5) is 5.13 Å². The highest BCUT2D eigenvalue weighted by Gasteiger charge is 2.23. The summed E-state index contributed by atoms with van der Waals surface area (Å²) in [5.74, 6) is -0.250. The lowest BCUT2D eigenvalue weighted by Gasteiger charge is -2.20. The van der Waals surface area contributed by atoms with E-state index in [0.717, 1.165) is 28.6 Å². The fourth-order valence-corrected chi connectivity index (χ4v) is 4.30. The molecule has 0 unspecified atom stereocenters. The summed E-state index contributed by atoms with van der Waals surface area (Å²) in [4.78, 5) is 32.0. The minimum Gasteiger partial charge on any atom is -0.282 e. The molecule has 0 aliphatic rings. The molecule has 0 fully saturated rings. The van der Waals surface area contributed by atoms with E-state index in [4.69, 9.17) is 0 Å². The third kappa shape index (κ3) is 4.88. The number of anilines is 1. The van der Waals surface area contributed by atoms with Crippen molar-refractivity contribution < 1.29 is 4.79 Å². The number of rotatable bonds is 8. The molecule has 2 aromatic carbocycles. The first-order chi connectivity index (χ1) is 15.2. The van der Waals surface area contributed by atoms with Gasteiger partial charge in [-0.2, -0.15) is 5.10 Å². The molecule has 0 aliphatic heterocycles. The van der Waals surface area contributed by atoms with Gasteiger partial charge in [-0.15, -0.1) is 0 Å². The maximum Gasteiger partial charge on any atom is 0.280 e. The topological polar surface area (TPSA) is 68.1 Å². The number of nitrogens with zero attached hydrogens (tertiary/aromatic N) is 4. The molecule has 6 nitrogen and oxygen atoms in total. The average molecular weight is 433 g/mol. The van der Waals surface area contributed by atoms with Gasteiger partial charge in [0.05, 0.1) is 10.2 Å². The molecule has 0 saturated carbocycles. The summed E-state index contributed by atoms with van der Waals surface area (Å²) < 4.78 is 2.40. The molecular formula is C24H24N4O2S. The smallest absolute Gasteiger partial charge is 0.280 e. The number of fused-ring (bicyclic) bond motifs is 1. The zero-order chi connectivity index (χ0) is 21.6. The summed E-state index contributed by atoms with van der Waals surface area (Å²) in [6.45, 7) is 3.03. The Morgan fingerprint density at radius 3 is 2.58 bits per heavy atom. The molecule has 0 aliphatic carbocycles. The Hall–Kier alpha value is -3.32. The highest BCUT2D eigenvalue weighted by atomic mass is 32.1. The van der Waals surface area contributed by atoms with Crippen LogP contribution in [0.1, 0.15) is 35.8 Å². The van der Waals surface area contributed by atoms with E-state index in [9.17, 15) is 9.59 Å². The van der Waals surface area contributed by atoms with E-state index in [2.05, 4.69) is 17.0 Å². The van der Waals surface area contributed by atoms with E-state index in [-0.39, 0.29) is 17.2 Å². The second-order valence-corrected chi connectivity index (χ2v) is 8.30. The van der Waals surface area contributed by atoms with Crippen LogP contribution in [0.3, 0.4) is 0 Å². The van der Waals surface area contributed by atoms with E-state index >= 15 is 0 Å². The summed E-state index contributed by atoms with van der Waals surface area (Å²) >= 11 is 1.48. The molecule has 31 heavy (non-hydrogen) atoms. The summed E-state index contributed by atoms with van der Waals surface area (Å²) in [7, 11) is 0. The van der Waals surface area contributed by atoms with Crippen LogP contribution in [-0.4, -0.2) is 27.2 Å². The van der Waals surface area contributed by atoms with Gasteiger partial charge in [-0.25, -0.2) is 9.67 Å². The molecule has 2 heterocycles. The van der Waals surface area contributed by atoms with Crippen molar-refractivity contribution in [2.24, 2.45) is 0 Å². The monoisotopic (exact) mass is 432 g/mol. The van der Waals surface area contributed by atoms with Crippen LogP contribution in [-0.2, 0) is 13.0 Å². The minimum atomic E-state index is -0.250. The lowest BCUT2D eigenvalue weighted by atomic mass is 10.1. The maximum absolute atomic E-state index is 13.5. The Bertz CT molecular complexity index is 1200. The predicted molar refractivity (Wildman–Crippen MR) is 125 cm³/mol. The van der Waals surface area contributed by atoms with Gasteiger partial charge in [-0.05, 0) is 36.6 Å². The Morgan fingerprint density at radius 2 is 1.81 bits per heavy atom. The highest BCUT2D eigenvalue weighted by molar-refractivity contribution is 7.22. The Morgan fingerprint density at radius 1 is 1.03 bits per heavy atom. The predicted octanol–water partition coefficient (Wildman–Crippen LogP) is 4.54. The zero-order valence-corrected chi connectivity index (χ0v) is 18.2. The SMILES string of the molecule is CCCCn1nc(C(=O)N(CCc2ccccc2)c2nc3ccccc3s2)ccc1=O. The number of para-hydroxylation sites is 1. The number of aryl methyl sites for hydroxylation is 1. The van der Waals surface area contributed by atoms with Gasteiger partial charge in [0, 0.05) is 19.2 Å². The molecule has 4 aromatic rings. The van der Waals surface area contributed by atoms with Crippen molar-refractivity contribution in [2.45, 2.75) is 32.7 Å². The Balaban J connectivity index is 1.67. The van der Waals surface area contributed by atoms with E-state index in [1.54, 1.807) is 4.90 Å². The second kappa shape index (κ2) is 9.66. The van der Waals surface area contributed by atoms with Gasteiger partial charge in [-0.1, -0.05) is 67.1 Å². The number of benzene rings is 2. The number of amides is 1. The van der Waals surface area contributed by atoms with Gasteiger partial charge < -0.3 is 0 Å². The first-order valence-corrected chi connectivity index (χ1v) is 11.3. The molecule has 1 amide bonds. The lowest BCUT2D eigenvalue weighted by Crippen LogP contribution is -2.35. The molecule has 0 saturated heterocycles. The first kappa shape index (κ1) is 20.9. The van der Waals surface area contributed by atoms with E-state index in [1.165, 1.54) is 28.2 Å². The average Bonchev–Trinajstić information content (AvgIpc) is 3.23. The van der Waals surface area contributed by atoms with Crippen LogP contribution in [0, 0.1) is 0 Å². The molecule has 0 atom stereocenters. The van der Waals surface area contributed by atoms with Crippen LogP contribution < -0.4 is 10.5 Å². The second-order valence-electron chi connectivity index (χ2n) is 7.29.